The molecule has 0 radical (unpaired) electrons. The average molecular weight is 446 g/mol. The first-order valence-electron chi connectivity index (χ1n) is 9.32. The maximum absolute atomic E-state index is 12.6. The lowest BCUT2D eigenvalue weighted by Crippen LogP contribution is -2.40. The molecule has 0 heterocycles. The highest BCUT2D eigenvalue weighted by Gasteiger charge is 2.22. The Kier molecular flexibility index (Phi) is 8.00. The van der Waals surface area contributed by atoms with Gasteiger partial charge in [0.05, 0.1) is 9.82 Å². The molecule has 0 aromatic heterocycles. The van der Waals surface area contributed by atoms with E-state index in [4.69, 9.17) is 0 Å². The normalized spacial score (nSPS) is 11.5. The number of carbonyl (C=O) groups excluding carboxylic acids is 2. The Bertz CT molecular complexity index is 1110. The summed E-state index contributed by atoms with van der Waals surface area (Å²) in [5.74, 6) is -1.37. The summed E-state index contributed by atoms with van der Waals surface area (Å²) >= 11 is 0. The molecule has 2 N–H and O–H groups in total. The summed E-state index contributed by atoms with van der Waals surface area (Å²) in [6.45, 7) is 4.02. The number of benzene rings is 2. The molecule has 0 saturated heterocycles. The maximum Gasteiger partial charge on any atom is 0.270 e. The molecular formula is C20H22N4O6S. The molecule has 2 aromatic carbocycles. The van der Waals surface area contributed by atoms with Crippen molar-refractivity contribution in [3.05, 3.63) is 75.8 Å². The summed E-state index contributed by atoms with van der Waals surface area (Å²) < 4.78 is 26.5. The van der Waals surface area contributed by atoms with Crippen LogP contribution in [0.15, 0.2) is 59.5 Å². The SMILES string of the molecule is CCN(CC)S(=O)(=O)c1cccc(C(=O)NNC(=O)/C=C/c2cccc([N+](=O)[O-])c2)c1. The van der Waals surface area contributed by atoms with E-state index in [0.29, 0.717) is 18.7 Å². The second-order valence-corrected chi connectivity index (χ2v) is 8.18. The first kappa shape index (κ1) is 23.7. The van der Waals surface area contributed by atoms with Crippen LogP contribution in [0.2, 0.25) is 0 Å². The minimum atomic E-state index is -3.73. The Hall–Kier alpha value is -3.57. The first-order chi connectivity index (χ1) is 14.7. The van der Waals surface area contributed by atoms with Gasteiger partial charge in [-0.3, -0.25) is 30.6 Å². The largest absolute Gasteiger partial charge is 0.270 e. The van der Waals surface area contributed by atoms with E-state index in [1.807, 2.05) is 0 Å². The van der Waals surface area contributed by atoms with Gasteiger partial charge in [-0.15, -0.1) is 0 Å². The van der Waals surface area contributed by atoms with E-state index in [1.165, 1.54) is 52.8 Å². The van der Waals surface area contributed by atoms with Crippen LogP contribution in [0.5, 0.6) is 0 Å². The number of amides is 2. The Labute approximate surface area is 179 Å². The summed E-state index contributed by atoms with van der Waals surface area (Å²) in [7, 11) is -3.73. The molecule has 0 atom stereocenters. The molecule has 0 fully saturated rings. The highest BCUT2D eigenvalue weighted by molar-refractivity contribution is 7.89. The summed E-state index contributed by atoms with van der Waals surface area (Å²) in [6.07, 6.45) is 2.45. The average Bonchev–Trinajstić information content (AvgIpc) is 2.77. The number of hydrogen-bond acceptors (Lipinski definition) is 6. The fourth-order valence-corrected chi connectivity index (χ4v) is 4.16. The number of nitrogens with one attached hydrogen (secondary N) is 2. The Morgan fingerprint density at radius 2 is 1.74 bits per heavy atom. The molecule has 11 heteroatoms. The third-order valence-corrected chi connectivity index (χ3v) is 6.29. The van der Waals surface area contributed by atoms with Crippen LogP contribution in [0.25, 0.3) is 6.08 Å². The van der Waals surface area contributed by atoms with Crippen molar-refractivity contribution in [2.24, 2.45) is 0 Å². The van der Waals surface area contributed by atoms with Gasteiger partial charge in [-0.2, -0.15) is 4.31 Å². The molecule has 0 unspecified atom stereocenters. The number of nitro groups is 1. The van der Waals surface area contributed by atoms with Crippen molar-refractivity contribution in [2.75, 3.05) is 13.1 Å². The Morgan fingerprint density at radius 1 is 1.06 bits per heavy atom. The van der Waals surface area contributed by atoms with Gasteiger partial charge in [-0.25, -0.2) is 8.42 Å². The molecule has 0 spiro atoms. The molecule has 31 heavy (non-hydrogen) atoms. The molecule has 0 bridgehead atoms. The van der Waals surface area contributed by atoms with Crippen molar-refractivity contribution >= 4 is 33.6 Å². The fraction of sp³-hybridized carbons (Fsp3) is 0.200. The highest BCUT2D eigenvalue weighted by Crippen LogP contribution is 2.17. The van der Waals surface area contributed by atoms with Crippen molar-refractivity contribution in [3.8, 4) is 0 Å². The van der Waals surface area contributed by atoms with Crippen molar-refractivity contribution < 1.29 is 22.9 Å². The van der Waals surface area contributed by atoms with Gasteiger partial charge in [0.25, 0.3) is 17.5 Å². The van der Waals surface area contributed by atoms with E-state index in [2.05, 4.69) is 10.9 Å². The van der Waals surface area contributed by atoms with Crippen LogP contribution in [0.1, 0.15) is 29.8 Å². The molecule has 10 nitrogen and oxygen atoms in total. The molecule has 0 aliphatic carbocycles. The van der Waals surface area contributed by atoms with Gasteiger partial charge in [-0.05, 0) is 29.8 Å². The number of rotatable bonds is 8. The smallest absolute Gasteiger partial charge is 0.268 e. The minimum absolute atomic E-state index is 0.0271. The van der Waals surface area contributed by atoms with Gasteiger partial charge in [0.15, 0.2) is 0 Å². The van der Waals surface area contributed by atoms with Crippen molar-refractivity contribution in [1.29, 1.82) is 0 Å². The molecule has 2 amide bonds. The van der Waals surface area contributed by atoms with Crippen LogP contribution in [-0.4, -0.2) is 42.6 Å². The Morgan fingerprint density at radius 3 is 2.39 bits per heavy atom. The lowest BCUT2D eigenvalue weighted by molar-refractivity contribution is -0.384. The molecule has 2 rings (SSSR count). The van der Waals surface area contributed by atoms with Crippen LogP contribution in [0.3, 0.4) is 0 Å². The first-order valence-corrected chi connectivity index (χ1v) is 10.8. The Balaban J connectivity index is 2.04. The fourth-order valence-electron chi connectivity index (χ4n) is 2.66. The monoisotopic (exact) mass is 446 g/mol. The van der Waals surface area contributed by atoms with Crippen LogP contribution >= 0.6 is 0 Å². The quantitative estimate of drug-likeness (QED) is 0.362. The summed E-state index contributed by atoms with van der Waals surface area (Å²) in [6, 6.07) is 11.2. The molecular weight excluding hydrogens is 424 g/mol. The number of nitro benzene ring substituents is 1. The topological polar surface area (TPSA) is 139 Å². The zero-order valence-electron chi connectivity index (χ0n) is 16.9. The van der Waals surface area contributed by atoms with Gasteiger partial charge in [-0.1, -0.05) is 32.0 Å². The number of sulfonamides is 1. The van der Waals surface area contributed by atoms with Gasteiger partial charge in [0, 0.05) is 36.9 Å². The molecule has 2 aromatic rings. The van der Waals surface area contributed by atoms with E-state index >= 15 is 0 Å². The van der Waals surface area contributed by atoms with Gasteiger partial charge >= 0.3 is 0 Å². The number of nitrogens with zero attached hydrogens (tertiary/aromatic N) is 2. The van der Waals surface area contributed by atoms with E-state index in [9.17, 15) is 28.1 Å². The van der Waals surface area contributed by atoms with Gasteiger partial charge in [0.1, 0.15) is 0 Å². The van der Waals surface area contributed by atoms with E-state index in [1.54, 1.807) is 19.9 Å². The maximum atomic E-state index is 12.6. The predicted octanol–water partition coefficient (Wildman–Crippen LogP) is 2.10. The van der Waals surface area contributed by atoms with E-state index in [0.717, 1.165) is 6.08 Å². The summed E-state index contributed by atoms with van der Waals surface area (Å²) in [5.41, 5.74) is 4.74. The third-order valence-electron chi connectivity index (χ3n) is 4.25. The number of hydrogen-bond donors (Lipinski definition) is 2. The molecule has 0 aliphatic heterocycles. The lowest BCUT2D eigenvalue weighted by Gasteiger charge is -2.18. The van der Waals surface area contributed by atoms with Gasteiger partial charge < -0.3 is 0 Å². The molecule has 0 saturated carbocycles. The van der Waals surface area contributed by atoms with E-state index < -0.39 is 26.8 Å². The zero-order valence-corrected chi connectivity index (χ0v) is 17.8. The molecule has 164 valence electrons. The number of non-ortho nitro benzene ring substituents is 1. The zero-order chi connectivity index (χ0) is 23.0. The molecule has 0 aliphatic rings. The van der Waals surface area contributed by atoms with Crippen LogP contribution in [0, 0.1) is 10.1 Å². The van der Waals surface area contributed by atoms with Crippen molar-refractivity contribution in [1.82, 2.24) is 15.2 Å². The number of carbonyl (C=O) groups is 2. The predicted molar refractivity (Wildman–Crippen MR) is 114 cm³/mol. The summed E-state index contributed by atoms with van der Waals surface area (Å²) in [4.78, 5) is 34.4. The highest BCUT2D eigenvalue weighted by atomic mass is 32.2. The lowest BCUT2D eigenvalue weighted by atomic mass is 10.2. The second-order valence-electron chi connectivity index (χ2n) is 6.25. The third kappa shape index (κ3) is 6.20. The van der Waals surface area contributed by atoms with Crippen LogP contribution in [-0.2, 0) is 14.8 Å². The van der Waals surface area contributed by atoms with Crippen LogP contribution < -0.4 is 10.9 Å². The summed E-state index contributed by atoms with van der Waals surface area (Å²) in [5, 5.41) is 10.8. The standard InChI is InChI=1S/C20H22N4O6S/c1-3-23(4-2)31(29,30)18-10-6-8-16(14-18)20(26)22-21-19(25)12-11-15-7-5-9-17(13-15)24(27)28/h5-14H,3-4H2,1-2H3,(H,21,25)(H,22,26)/b12-11+. The second kappa shape index (κ2) is 10.5. The van der Waals surface area contributed by atoms with Gasteiger partial charge in [0.2, 0.25) is 10.0 Å². The van der Waals surface area contributed by atoms with E-state index in [-0.39, 0.29) is 16.1 Å². The minimum Gasteiger partial charge on any atom is -0.268 e. The van der Waals surface area contributed by atoms with Crippen molar-refractivity contribution in [3.63, 3.8) is 0 Å². The van der Waals surface area contributed by atoms with Crippen LogP contribution in [0.4, 0.5) is 5.69 Å². The number of hydrazine groups is 1. The van der Waals surface area contributed by atoms with Crippen molar-refractivity contribution in [2.45, 2.75) is 18.7 Å².